The Morgan fingerprint density at radius 2 is 2.00 bits per heavy atom. The smallest absolute Gasteiger partial charge is 0.254 e. The summed E-state index contributed by atoms with van der Waals surface area (Å²) in [6.45, 7) is 2.27. The lowest BCUT2D eigenvalue weighted by molar-refractivity contribution is 0.0943. The Balaban J connectivity index is 1.78. The van der Waals surface area contributed by atoms with Crippen molar-refractivity contribution in [3.05, 3.63) is 75.7 Å². The minimum atomic E-state index is -3.32. The van der Waals surface area contributed by atoms with Gasteiger partial charge in [0.15, 0.2) is 9.84 Å². The largest absolute Gasteiger partial charge is 0.364 e. The number of benzene rings is 2. The third-order valence-electron chi connectivity index (χ3n) is 5.08. The van der Waals surface area contributed by atoms with Crippen LogP contribution >= 0.6 is 11.6 Å². The number of nitrogens with zero attached hydrogens (tertiary/aromatic N) is 1. The van der Waals surface area contributed by atoms with Crippen LogP contribution in [0.3, 0.4) is 0 Å². The van der Waals surface area contributed by atoms with Crippen LogP contribution in [0.5, 0.6) is 0 Å². The van der Waals surface area contributed by atoms with Crippen molar-refractivity contribution in [2.75, 3.05) is 17.7 Å². The molecule has 1 heterocycles. The molecule has 1 amide bonds. The molecule has 1 saturated heterocycles. The number of anilines is 1. The first kappa shape index (κ1) is 23.2. The Kier molecular flexibility index (Phi) is 7.01. The first-order valence-corrected chi connectivity index (χ1v) is 12.1. The van der Waals surface area contributed by atoms with Crippen molar-refractivity contribution in [2.45, 2.75) is 31.8 Å². The fourth-order valence-corrected chi connectivity index (χ4v) is 4.45. The Hall–Kier alpha value is -2.45. The van der Waals surface area contributed by atoms with E-state index in [0.29, 0.717) is 17.3 Å². The van der Waals surface area contributed by atoms with Crippen LogP contribution in [-0.2, 0) is 9.84 Å². The molecule has 1 aliphatic heterocycles. The van der Waals surface area contributed by atoms with E-state index in [1.54, 1.807) is 19.1 Å². The molecule has 9 heteroatoms. The molecule has 0 aromatic heterocycles. The molecule has 2 aromatic carbocycles. The standard InChI is InChI=1S/C22H23ClF2N2O3S/c1-14(9-11-31(2,29)30)26-22(28)18-8-6-16(13-20(18)25)27-10-3-4-21(27)17-7-5-15(24)12-19(17)23/h5-9,11-14,21H,3-4,10H2,1-2H3,(H,26,28)/b11-9+/t14-,21?/m1/s1. The summed E-state index contributed by atoms with van der Waals surface area (Å²) in [6.07, 6.45) is 4.02. The van der Waals surface area contributed by atoms with E-state index in [1.165, 1.54) is 30.3 Å². The number of nitrogens with one attached hydrogen (secondary N) is 1. The second kappa shape index (κ2) is 9.36. The average Bonchev–Trinajstić information content (AvgIpc) is 3.15. The maximum absolute atomic E-state index is 14.8. The summed E-state index contributed by atoms with van der Waals surface area (Å²) in [4.78, 5) is 14.4. The van der Waals surface area contributed by atoms with Crippen LogP contribution in [0.15, 0.2) is 47.9 Å². The first-order chi connectivity index (χ1) is 14.5. The summed E-state index contributed by atoms with van der Waals surface area (Å²) in [6, 6.07) is 7.90. The summed E-state index contributed by atoms with van der Waals surface area (Å²) in [5, 5.41) is 3.86. The van der Waals surface area contributed by atoms with Gasteiger partial charge in [-0.3, -0.25) is 4.79 Å². The zero-order valence-electron chi connectivity index (χ0n) is 17.1. The molecule has 2 aromatic rings. The van der Waals surface area contributed by atoms with Crippen molar-refractivity contribution in [1.29, 1.82) is 0 Å². The summed E-state index contributed by atoms with van der Waals surface area (Å²) < 4.78 is 50.5. The second-order valence-corrected chi connectivity index (χ2v) is 9.94. The molecule has 1 N–H and O–H groups in total. The lowest BCUT2D eigenvalue weighted by Gasteiger charge is -2.28. The van der Waals surface area contributed by atoms with E-state index in [1.807, 2.05) is 4.90 Å². The van der Waals surface area contributed by atoms with E-state index in [4.69, 9.17) is 11.6 Å². The highest BCUT2D eigenvalue weighted by molar-refractivity contribution is 7.93. The molecule has 5 nitrogen and oxygen atoms in total. The highest BCUT2D eigenvalue weighted by Gasteiger charge is 2.29. The van der Waals surface area contributed by atoms with Gasteiger partial charge in [-0.2, -0.15) is 0 Å². The molecule has 1 fully saturated rings. The highest BCUT2D eigenvalue weighted by Crippen LogP contribution is 2.39. The Labute approximate surface area is 185 Å². The maximum Gasteiger partial charge on any atom is 0.254 e. The molecule has 0 radical (unpaired) electrons. The van der Waals surface area contributed by atoms with Crippen LogP contribution in [0.4, 0.5) is 14.5 Å². The number of amides is 1. The molecule has 0 spiro atoms. The monoisotopic (exact) mass is 468 g/mol. The molecule has 0 aliphatic carbocycles. The van der Waals surface area contributed by atoms with Gasteiger partial charge in [-0.1, -0.05) is 23.7 Å². The Morgan fingerprint density at radius 3 is 2.65 bits per heavy atom. The van der Waals surface area contributed by atoms with E-state index in [9.17, 15) is 22.0 Å². The van der Waals surface area contributed by atoms with Crippen LogP contribution in [0, 0.1) is 11.6 Å². The summed E-state index contributed by atoms with van der Waals surface area (Å²) >= 11 is 6.23. The second-order valence-electron chi connectivity index (χ2n) is 7.60. The molecule has 0 bridgehead atoms. The van der Waals surface area contributed by atoms with Gasteiger partial charge in [0.25, 0.3) is 5.91 Å². The number of sulfone groups is 1. The SMILES string of the molecule is C[C@H](/C=C/S(C)(=O)=O)NC(=O)c1ccc(N2CCCC2c2ccc(F)cc2Cl)cc1F. The zero-order chi connectivity index (χ0) is 22.8. The van der Waals surface area contributed by atoms with Gasteiger partial charge >= 0.3 is 0 Å². The van der Waals surface area contributed by atoms with Crippen molar-refractivity contribution in [1.82, 2.24) is 5.32 Å². The third-order valence-corrected chi connectivity index (χ3v) is 6.06. The predicted octanol–water partition coefficient (Wildman–Crippen LogP) is 4.64. The van der Waals surface area contributed by atoms with Crippen molar-refractivity contribution in [3.8, 4) is 0 Å². The molecule has 166 valence electrons. The molecular weight excluding hydrogens is 446 g/mol. The third kappa shape index (κ3) is 5.83. The molecule has 1 unspecified atom stereocenters. The van der Waals surface area contributed by atoms with E-state index < -0.39 is 33.4 Å². The van der Waals surface area contributed by atoms with Gasteiger partial charge in [-0.15, -0.1) is 0 Å². The highest BCUT2D eigenvalue weighted by atomic mass is 35.5. The van der Waals surface area contributed by atoms with Gasteiger partial charge in [0.05, 0.1) is 11.6 Å². The number of carbonyl (C=O) groups excluding carboxylic acids is 1. The number of halogens is 3. The number of rotatable bonds is 6. The summed E-state index contributed by atoms with van der Waals surface area (Å²) in [5.41, 5.74) is 1.23. The van der Waals surface area contributed by atoms with Gasteiger partial charge in [-0.05, 0) is 55.7 Å². The van der Waals surface area contributed by atoms with Crippen molar-refractivity contribution in [2.24, 2.45) is 0 Å². The first-order valence-electron chi connectivity index (χ1n) is 9.75. The molecule has 2 atom stereocenters. The van der Waals surface area contributed by atoms with Gasteiger partial charge in [0.2, 0.25) is 0 Å². The minimum Gasteiger partial charge on any atom is -0.364 e. The van der Waals surface area contributed by atoms with Crippen LogP contribution in [-0.4, -0.2) is 33.2 Å². The number of carbonyl (C=O) groups is 1. The fourth-order valence-electron chi connectivity index (χ4n) is 3.63. The quantitative estimate of drug-likeness (QED) is 0.671. The maximum atomic E-state index is 14.8. The fraction of sp³-hybridized carbons (Fsp3) is 0.318. The Morgan fingerprint density at radius 1 is 1.26 bits per heavy atom. The Bertz CT molecular complexity index is 1120. The molecule has 0 saturated carbocycles. The normalized spacial score (nSPS) is 17.8. The number of hydrogen-bond donors (Lipinski definition) is 1. The van der Waals surface area contributed by atoms with Crippen LogP contribution in [0.2, 0.25) is 5.02 Å². The van der Waals surface area contributed by atoms with Crippen molar-refractivity contribution in [3.63, 3.8) is 0 Å². The van der Waals surface area contributed by atoms with Crippen LogP contribution in [0.25, 0.3) is 0 Å². The van der Waals surface area contributed by atoms with E-state index >= 15 is 0 Å². The van der Waals surface area contributed by atoms with Gasteiger partial charge in [-0.25, -0.2) is 17.2 Å². The van der Waals surface area contributed by atoms with Gasteiger partial charge in [0.1, 0.15) is 11.6 Å². The van der Waals surface area contributed by atoms with E-state index in [2.05, 4.69) is 5.32 Å². The summed E-state index contributed by atoms with van der Waals surface area (Å²) in [7, 11) is -3.32. The van der Waals surface area contributed by atoms with Crippen LogP contribution < -0.4 is 10.2 Å². The van der Waals surface area contributed by atoms with E-state index in [0.717, 1.165) is 30.1 Å². The molecule has 1 aliphatic rings. The zero-order valence-corrected chi connectivity index (χ0v) is 18.7. The molecular formula is C22H23ClF2N2O3S. The predicted molar refractivity (Wildman–Crippen MR) is 118 cm³/mol. The van der Waals surface area contributed by atoms with Crippen LogP contribution in [0.1, 0.15) is 41.7 Å². The lowest BCUT2D eigenvalue weighted by Crippen LogP contribution is -2.32. The minimum absolute atomic E-state index is 0.117. The van der Waals surface area contributed by atoms with Crippen molar-refractivity contribution >= 4 is 33.0 Å². The average molecular weight is 469 g/mol. The molecule has 3 rings (SSSR count). The topological polar surface area (TPSA) is 66.5 Å². The van der Waals surface area contributed by atoms with Gasteiger partial charge in [0, 0.05) is 35.0 Å². The van der Waals surface area contributed by atoms with E-state index in [-0.39, 0.29) is 11.6 Å². The van der Waals surface area contributed by atoms with Gasteiger partial charge < -0.3 is 10.2 Å². The van der Waals surface area contributed by atoms with Crippen molar-refractivity contribution < 1.29 is 22.0 Å². The summed E-state index contributed by atoms with van der Waals surface area (Å²) in [5.74, 6) is -1.75. The number of hydrogen-bond acceptors (Lipinski definition) is 4. The lowest BCUT2D eigenvalue weighted by atomic mass is 10.0. The molecule has 31 heavy (non-hydrogen) atoms.